The van der Waals surface area contributed by atoms with Gasteiger partial charge in [0, 0.05) is 35.0 Å². The molecular weight excluding hydrogens is 983 g/mol. The van der Waals surface area contributed by atoms with E-state index in [4.69, 9.17) is 23.2 Å². The van der Waals surface area contributed by atoms with Crippen molar-refractivity contribution < 1.29 is 80.2 Å². The first kappa shape index (κ1) is 38.6. The topological polar surface area (TPSA) is 24.7 Å². The third-order valence-electron chi connectivity index (χ3n) is 4.86. The first-order valence-corrected chi connectivity index (χ1v) is 13.8. The molecule has 2 aliphatic carbocycles. The van der Waals surface area contributed by atoms with E-state index in [1.54, 1.807) is 23.1 Å². The van der Waals surface area contributed by atoms with E-state index >= 15 is 0 Å². The number of hydrogen-bond donors (Lipinski definition) is 0. The minimum Gasteiger partial charge on any atom is -1.00 e. The largest absolute Gasteiger partial charge is 1.00 e. The van der Waals surface area contributed by atoms with Gasteiger partial charge in [0.1, 0.15) is 5.70 Å². The van der Waals surface area contributed by atoms with E-state index < -0.39 is 0 Å². The van der Waals surface area contributed by atoms with Gasteiger partial charge >= 0.3 is 55.3 Å². The van der Waals surface area contributed by atoms with Crippen molar-refractivity contribution in [1.82, 2.24) is 0 Å². The Kier molecular flexibility index (Phi) is 21.2. The van der Waals surface area contributed by atoms with Crippen molar-refractivity contribution in [1.29, 1.82) is 0 Å². The fourth-order valence-corrected chi connectivity index (χ4v) is 5.36. The van der Waals surface area contributed by atoms with Crippen LogP contribution < -0.4 is 24.8 Å². The average molecular weight is 1010 g/mol. The van der Waals surface area contributed by atoms with Crippen LogP contribution in [-0.4, -0.2) is 28.8 Å². The minimum atomic E-state index is 0. The third-order valence-corrected chi connectivity index (χ3v) is 7.62. The summed E-state index contributed by atoms with van der Waals surface area (Å²) >= 11 is 15.5. The smallest absolute Gasteiger partial charge is 1.00 e. The Bertz CT molecular complexity index is 1350. The molecule has 192 valence electrons. The molecule has 2 nitrogen and oxygen atoms in total. The molecule has 2 aliphatic rings. The summed E-state index contributed by atoms with van der Waals surface area (Å²) in [4.78, 5) is 11.6. The normalized spacial score (nSPS) is 14.4. The summed E-state index contributed by atoms with van der Waals surface area (Å²) in [5.41, 5.74) is 10.3. The van der Waals surface area contributed by atoms with Gasteiger partial charge in [-0.2, -0.15) is 11.8 Å². The van der Waals surface area contributed by atoms with Crippen LogP contribution in [0.15, 0.2) is 117 Å². The number of benzene rings is 2. The van der Waals surface area contributed by atoms with Gasteiger partial charge in [0.15, 0.2) is 17.1 Å². The molecule has 0 heterocycles. The number of allylic oxidation sites excluding steroid dienone is 4. The van der Waals surface area contributed by atoms with E-state index in [0.717, 1.165) is 60.3 Å². The van der Waals surface area contributed by atoms with E-state index in [1.807, 2.05) is 97.8 Å². The molecule has 0 aromatic heterocycles. The molecule has 0 saturated carbocycles. The van der Waals surface area contributed by atoms with Gasteiger partial charge in [-0.3, -0.25) is 15.7 Å². The molecule has 0 atom stereocenters. The Labute approximate surface area is 302 Å². The quantitative estimate of drug-likeness (QED) is 0.0715. The molecule has 4 rings (SSSR count). The zero-order valence-electron chi connectivity index (χ0n) is 21.0. The van der Waals surface area contributed by atoms with Crippen LogP contribution in [0.25, 0.3) is 0 Å². The van der Waals surface area contributed by atoms with Crippen LogP contribution in [0.2, 0.25) is 10.0 Å². The molecular formula is C29H22Cl4Hg2N2S2. The van der Waals surface area contributed by atoms with E-state index in [1.165, 1.54) is 0 Å². The predicted molar refractivity (Wildman–Crippen MR) is 157 cm³/mol. The van der Waals surface area contributed by atoms with Crippen molar-refractivity contribution in [3.05, 3.63) is 134 Å². The van der Waals surface area contributed by atoms with Gasteiger partial charge in [0.25, 0.3) is 4.86 Å². The maximum atomic E-state index is 5.96. The van der Waals surface area contributed by atoms with Crippen molar-refractivity contribution in [3.8, 4) is 0 Å². The Morgan fingerprint density at radius 2 is 1.46 bits per heavy atom. The number of nitrogens with zero attached hydrogens (tertiary/aromatic N) is 2. The number of hydrogen-bond acceptors (Lipinski definition) is 3. The van der Waals surface area contributed by atoms with Gasteiger partial charge in [0.2, 0.25) is 0 Å². The second-order valence-electron chi connectivity index (χ2n) is 7.46. The summed E-state index contributed by atoms with van der Waals surface area (Å²) in [6, 6.07) is 15.3. The predicted octanol–water partition coefficient (Wildman–Crippen LogP) is 1.66. The first-order valence-electron chi connectivity index (χ1n) is 11.0. The molecule has 0 unspecified atom stereocenters. The summed E-state index contributed by atoms with van der Waals surface area (Å²) in [5, 5.41) is 1.44. The molecule has 0 spiro atoms. The van der Waals surface area contributed by atoms with Gasteiger partial charge < -0.3 is 24.8 Å². The van der Waals surface area contributed by atoms with Crippen LogP contribution >= 0.6 is 35.0 Å². The zero-order chi connectivity index (χ0) is 24.3. The average Bonchev–Trinajstić information content (AvgIpc) is 2.89. The van der Waals surface area contributed by atoms with Crippen LogP contribution in [-0.2, 0) is 66.7 Å². The fraction of sp³-hybridized carbons (Fsp3) is 0.103. The molecule has 0 fully saturated rings. The van der Waals surface area contributed by atoms with Gasteiger partial charge in [-0.15, -0.1) is 24.3 Å². The molecule has 2 aromatic carbocycles. The SMILES string of the molecule is Clc1ccc(C=NC2=CC=C=CC2=[S+]CCCSC2=C(N=Cc3ccc(Cl)cc3)[CH-]C=C=C2)cc1.[Cl-].[Cl-].[Hg+].[Hg+]. The summed E-state index contributed by atoms with van der Waals surface area (Å²) in [5.74, 6) is 1.99. The maximum Gasteiger partial charge on any atom is 1.00 e. The molecule has 0 amide bonds. The second kappa shape index (κ2) is 21.4. The van der Waals surface area contributed by atoms with Crippen LogP contribution in [0.1, 0.15) is 17.5 Å². The first-order chi connectivity index (χ1) is 17.2. The summed E-state index contributed by atoms with van der Waals surface area (Å²) in [6.45, 7) is 0. The molecule has 2 aromatic rings. The molecule has 2 radical (unpaired) electrons. The van der Waals surface area contributed by atoms with Crippen LogP contribution in [0.4, 0.5) is 0 Å². The Morgan fingerprint density at radius 3 is 2.10 bits per heavy atom. The molecule has 0 bridgehead atoms. The molecule has 0 N–H and O–H groups in total. The van der Waals surface area contributed by atoms with Gasteiger partial charge in [-0.05, 0) is 59.0 Å². The van der Waals surface area contributed by atoms with E-state index in [9.17, 15) is 0 Å². The maximum absolute atomic E-state index is 5.96. The van der Waals surface area contributed by atoms with Crippen molar-refractivity contribution in [2.24, 2.45) is 9.98 Å². The molecule has 0 saturated heterocycles. The van der Waals surface area contributed by atoms with E-state index in [0.29, 0.717) is 0 Å². The fourth-order valence-electron chi connectivity index (χ4n) is 3.07. The zero-order valence-corrected chi connectivity index (χ0v) is 36.6. The number of rotatable bonds is 9. The number of aliphatic imine (C=N–C) groups is 2. The second-order valence-corrected chi connectivity index (χ2v) is 10.6. The molecule has 10 heteroatoms. The van der Waals surface area contributed by atoms with Crippen molar-refractivity contribution >= 4 is 63.6 Å². The Morgan fingerprint density at radius 1 is 0.846 bits per heavy atom. The van der Waals surface area contributed by atoms with Crippen LogP contribution in [0.3, 0.4) is 0 Å². The minimum absolute atomic E-state index is 0. The third kappa shape index (κ3) is 13.4. The van der Waals surface area contributed by atoms with Crippen LogP contribution in [0, 0.1) is 6.42 Å². The summed E-state index contributed by atoms with van der Waals surface area (Å²) in [6.07, 6.45) is 16.6. The molecule has 0 aliphatic heterocycles. The summed E-state index contributed by atoms with van der Waals surface area (Å²) in [7, 11) is 0. The monoisotopic (exact) mass is 1010 g/mol. The van der Waals surface area contributed by atoms with Crippen LogP contribution in [0.5, 0.6) is 0 Å². The molecule has 39 heavy (non-hydrogen) atoms. The van der Waals surface area contributed by atoms with Gasteiger partial charge in [0.05, 0.1) is 0 Å². The van der Waals surface area contributed by atoms with E-state index in [-0.39, 0.29) is 80.2 Å². The van der Waals surface area contributed by atoms with Gasteiger partial charge in [-0.25, -0.2) is 0 Å². The Hall–Kier alpha value is -0.360. The number of thioether (sulfide) groups is 1. The number of halogens is 4. The van der Waals surface area contributed by atoms with E-state index in [2.05, 4.69) is 21.4 Å². The Balaban J connectivity index is 0.00000361. The summed E-state index contributed by atoms with van der Waals surface area (Å²) < 4.78 is 0. The van der Waals surface area contributed by atoms with Gasteiger partial charge in [-0.1, -0.05) is 52.4 Å². The van der Waals surface area contributed by atoms with Crippen molar-refractivity contribution in [2.75, 3.05) is 11.5 Å². The standard InChI is InChI=1S/C29H22Cl2N2S2.2ClH.2Hg/c30-24-14-10-22(11-15-24)20-32-26-6-1-3-8-28(26)34-18-5-19-35-29-9-4-2-7-27(29)33-21-23-12-16-25(31)17-13-23;;;;/h1-2,6-17,20-21H,5,18-19H2;2*1H;;/q;;;2*+1/p-2. The van der Waals surface area contributed by atoms with Crippen molar-refractivity contribution in [3.63, 3.8) is 0 Å². The van der Waals surface area contributed by atoms with Crippen molar-refractivity contribution in [2.45, 2.75) is 6.42 Å².